The predicted molar refractivity (Wildman–Crippen MR) is 130 cm³/mol. The number of hydrogen-bond acceptors (Lipinski definition) is 5. The molecule has 0 spiro atoms. The van der Waals surface area contributed by atoms with Gasteiger partial charge in [0.2, 0.25) is 15.9 Å². The first-order valence-electron chi connectivity index (χ1n) is 11.9. The summed E-state index contributed by atoms with van der Waals surface area (Å²) in [4.78, 5) is 26.4. The second kappa shape index (κ2) is 10.5. The maximum Gasteiger partial charge on any atom is 0.307 e. The Balaban J connectivity index is 1.28. The summed E-state index contributed by atoms with van der Waals surface area (Å²) < 4.78 is 29.4. The van der Waals surface area contributed by atoms with Crippen LogP contribution >= 0.6 is 11.3 Å². The molecule has 180 valence electrons. The van der Waals surface area contributed by atoms with E-state index in [-0.39, 0.29) is 10.8 Å². The van der Waals surface area contributed by atoms with E-state index < -0.39 is 10.0 Å². The SMILES string of the molecule is Cc1csc(=O)n1CCCC(=O)N1CCN(S(=O)(=O)c2ccc(C3CCCCC3)cc2)CC1. The number of piperazine rings is 1. The molecule has 1 aromatic carbocycles. The maximum atomic E-state index is 13.1. The highest BCUT2D eigenvalue weighted by atomic mass is 32.2. The lowest BCUT2D eigenvalue weighted by atomic mass is 9.84. The Morgan fingerprint density at radius 1 is 1.03 bits per heavy atom. The zero-order valence-corrected chi connectivity index (χ0v) is 20.9. The van der Waals surface area contributed by atoms with Gasteiger partial charge >= 0.3 is 4.87 Å². The van der Waals surface area contributed by atoms with Crippen LogP contribution in [0.25, 0.3) is 0 Å². The Morgan fingerprint density at radius 3 is 2.30 bits per heavy atom. The van der Waals surface area contributed by atoms with Gasteiger partial charge in [0.15, 0.2) is 0 Å². The molecule has 2 heterocycles. The summed E-state index contributed by atoms with van der Waals surface area (Å²) in [6.07, 6.45) is 7.13. The van der Waals surface area contributed by atoms with Gasteiger partial charge in [-0.15, -0.1) is 0 Å². The molecule has 1 aromatic heterocycles. The van der Waals surface area contributed by atoms with E-state index >= 15 is 0 Å². The highest BCUT2D eigenvalue weighted by Gasteiger charge is 2.30. The quantitative estimate of drug-likeness (QED) is 0.593. The molecule has 2 fully saturated rings. The highest BCUT2D eigenvalue weighted by molar-refractivity contribution is 7.89. The number of amides is 1. The van der Waals surface area contributed by atoms with Crippen molar-refractivity contribution in [2.45, 2.75) is 69.2 Å². The molecule has 0 bridgehead atoms. The summed E-state index contributed by atoms with van der Waals surface area (Å²) >= 11 is 1.18. The van der Waals surface area contributed by atoms with Gasteiger partial charge in [0.05, 0.1) is 4.90 Å². The van der Waals surface area contributed by atoms with Gasteiger partial charge in [-0.05, 0) is 49.8 Å². The van der Waals surface area contributed by atoms with Crippen molar-refractivity contribution in [1.82, 2.24) is 13.8 Å². The van der Waals surface area contributed by atoms with Crippen molar-refractivity contribution in [2.75, 3.05) is 26.2 Å². The van der Waals surface area contributed by atoms with Gasteiger partial charge in [-0.25, -0.2) is 8.42 Å². The van der Waals surface area contributed by atoms with Crippen LogP contribution in [0.3, 0.4) is 0 Å². The number of sulfonamides is 1. The van der Waals surface area contributed by atoms with Gasteiger partial charge in [-0.1, -0.05) is 42.7 Å². The monoisotopic (exact) mass is 491 g/mol. The van der Waals surface area contributed by atoms with Crippen molar-refractivity contribution in [3.8, 4) is 0 Å². The Hall–Kier alpha value is -1.97. The fraction of sp³-hybridized carbons (Fsp3) is 0.583. The minimum atomic E-state index is -3.56. The molecule has 1 saturated heterocycles. The van der Waals surface area contributed by atoms with Gasteiger partial charge in [-0.3, -0.25) is 9.59 Å². The van der Waals surface area contributed by atoms with Crippen LogP contribution < -0.4 is 4.87 Å². The molecule has 4 rings (SSSR count). The van der Waals surface area contributed by atoms with Crippen molar-refractivity contribution in [3.63, 3.8) is 0 Å². The second-order valence-electron chi connectivity index (χ2n) is 9.09. The van der Waals surface area contributed by atoms with Gasteiger partial charge in [0, 0.05) is 50.2 Å². The lowest BCUT2D eigenvalue weighted by Gasteiger charge is -2.34. The van der Waals surface area contributed by atoms with Crippen LogP contribution in [0.4, 0.5) is 0 Å². The number of hydrogen-bond donors (Lipinski definition) is 0. The smallest absolute Gasteiger partial charge is 0.307 e. The molecule has 0 atom stereocenters. The Morgan fingerprint density at radius 2 is 1.70 bits per heavy atom. The van der Waals surface area contributed by atoms with Crippen LogP contribution in [0.5, 0.6) is 0 Å². The minimum Gasteiger partial charge on any atom is -0.340 e. The van der Waals surface area contributed by atoms with E-state index in [4.69, 9.17) is 0 Å². The third kappa shape index (κ3) is 5.58. The minimum absolute atomic E-state index is 0.00513. The van der Waals surface area contributed by atoms with Crippen molar-refractivity contribution in [1.29, 1.82) is 0 Å². The summed E-state index contributed by atoms with van der Waals surface area (Å²) in [5.41, 5.74) is 2.16. The maximum absolute atomic E-state index is 13.1. The largest absolute Gasteiger partial charge is 0.340 e. The third-order valence-corrected chi connectivity index (χ3v) is 9.73. The van der Waals surface area contributed by atoms with E-state index in [1.54, 1.807) is 21.6 Å². The standard InChI is InChI=1S/C24H33N3O4S2/c1-19-18-32-24(29)27(19)13-5-8-23(28)25-14-16-26(17-15-25)33(30,31)22-11-9-21(10-12-22)20-6-3-2-4-7-20/h9-12,18,20H,2-8,13-17H2,1H3. The van der Waals surface area contributed by atoms with Crippen LogP contribution in [0, 0.1) is 6.92 Å². The summed E-state index contributed by atoms with van der Waals surface area (Å²) in [6, 6.07) is 7.43. The number of nitrogens with zero attached hydrogens (tertiary/aromatic N) is 3. The van der Waals surface area contributed by atoms with E-state index in [0.717, 1.165) is 5.69 Å². The fourth-order valence-corrected chi connectivity index (χ4v) is 7.08. The van der Waals surface area contributed by atoms with Crippen LogP contribution in [-0.2, 0) is 21.4 Å². The zero-order chi connectivity index (χ0) is 23.4. The Kier molecular flexibility index (Phi) is 7.71. The van der Waals surface area contributed by atoms with Gasteiger partial charge in [0.25, 0.3) is 0 Å². The van der Waals surface area contributed by atoms with Crippen molar-refractivity contribution in [3.05, 3.63) is 50.6 Å². The number of carbonyl (C=O) groups is 1. The van der Waals surface area contributed by atoms with Crippen molar-refractivity contribution >= 4 is 27.3 Å². The first-order chi connectivity index (χ1) is 15.9. The van der Waals surface area contributed by atoms with Crippen LogP contribution in [0.15, 0.2) is 39.3 Å². The number of aryl methyl sites for hydroxylation is 1. The molecule has 1 aliphatic heterocycles. The molecule has 1 saturated carbocycles. The van der Waals surface area contributed by atoms with Crippen LogP contribution in [0.1, 0.15) is 62.1 Å². The molecule has 2 aliphatic rings. The zero-order valence-electron chi connectivity index (χ0n) is 19.2. The average molecular weight is 492 g/mol. The van der Waals surface area contributed by atoms with Crippen LogP contribution in [-0.4, -0.2) is 54.3 Å². The molecule has 1 aliphatic carbocycles. The lowest BCUT2D eigenvalue weighted by Crippen LogP contribution is -2.50. The first kappa shape index (κ1) is 24.2. The summed E-state index contributed by atoms with van der Waals surface area (Å²) in [5.74, 6) is 0.567. The van der Waals surface area contributed by atoms with Crippen molar-refractivity contribution < 1.29 is 13.2 Å². The van der Waals surface area contributed by atoms with Gasteiger partial charge in [-0.2, -0.15) is 4.31 Å². The number of rotatable bonds is 7. The molecular weight excluding hydrogens is 458 g/mol. The third-order valence-electron chi connectivity index (χ3n) is 6.93. The normalized spacial score (nSPS) is 18.5. The van der Waals surface area contributed by atoms with Crippen molar-refractivity contribution in [2.24, 2.45) is 0 Å². The van der Waals surface area contributed by atoms with E-state index in [1.807, 2.05) is 24.4 Å². The van der Waals surface area contributed by atoms with Crippen LogP contribution in [0.2, 0.25) is 0 Å². The Labute approximate surface area is 200 Å². The molecule has 33 heavy (non-hydrogen) atoms. The lowest BCUT2D eigenvalue weighted by molar-refractivity contribution is -0.132. The van der Waals surface area contributed by atoms with E-state index in [0.29, 0.717) is 56.4 Å². The van der Waals surface area contributed by atoms with E-state index in [9.17, 15) is 18.0 Å². The molecule has 0 radical (unpaired) electrons. The highest BCUT2D eigenvalue weighted by Crippen LogP contribution is 2.33. The molecule has 0 unspecified atom stereocenters. The summed E-state index contributed by atoms with van der Waals surface area (Å²) in [6.45, 7) is 3.84. The second-order valence-corrected chi connectivity index (χ2v) is 11.8. The number of thiazole rings is 1. The molecule has 7 nitrogen and oxygen atoms in total. The molecule has 1 amide bonds. The first-order valence-corrected chi connectivity index (χ1v) is 14.2. The van der Waals surface area contributed by atoms with Gasteiger partial charge < -0.3 is 9.47 Å². The molecular formula is C24H33N3O4S2. The van der Waals surface area contributed by atoms with E-state index in [1.165, 1.54) is 53.3 Å². The number of aromatic nitrogens is 1. The number of carbonyl (C=O) groups excluding carboxylic acids is 1. The average Bonchev–Trinajstić information content (AvgIpc) is 3.17. The molecule has 9 heteroatoms. The number of benzene rings is 1. The van der Waals surface area contributed by atoms with E-state index in [2.05, 4.69) is 0 Å². The molecule has 0 N–H and O–H groups in total. The summed E-state index contributed by atoms with van der Waals surface area (Å²) in [7, 11) is -3.56. The van der Waals surface area contributed by atoms with Gasteiger partial charge in [0.1, 0.15) is 0 Å². The fourth-order valence-electron chi connectivity index (χ4n) is 4.90. The molecule has 2 aromatic rings. The predicted octanol–water partition coefficient (Wildman–Crippen LogP) is 3.58. The topological polar surface area (TPSA) is 79.7 Å². The Bertz CT molecular complexity index is 1110. The summed E-state index contributed by atoms with van der Waals surface area (Å²) in [5, 5.41) is 1.83.